The van der Waals surface area contributed by atoms with Crippen molar-refractivity contribution in [2.24, 2.45) is 7.05 Å². The summed E-state index contributed by atoms with van der Waals surface area (Å²) in [5, 5.41) is 16.1. The van der Waals surface area contributed by atoms with Crippen LogP contribution in [0.5, 0.6) is 0 Å². The molecule has 0 unspecified atom stereocenters. The predicted molar refractivity (Wildman–Crippen MR) is 79.4 cm³/mol. The molecule has 0 fully saturated rings. The smallest absolute Gasteiger partial charge is 0.288 e. The van der Waals surface area contributed by atoms with Crippen molar-refractivity contribution in [1.29, 1.82) is 0 Å². The minimum Gasteiger partial charge on any atom is -0.618 e. The normalized spacial score (nSPS) is 12.0. The van der Waals surface area contributed by atoms with Crippen LogP contribution in [0.15, 0.2) is 10.5 Å². The molecular weight excluding hydrogens is 368 g/mol. The van der Waals surface area contributed by atoms with Crippen LogP contribution in [-0.4, -0.2) is 9.78 Å². The molecule has 0 aliphatic rings. The lowest BCUT2D eigenvalue weighted by atomic mass is 10.1. The Bertz CT molecular complexity index is 725. The first kappa shape index (κ1) is 16.2. The largest absolute Gasteiger partial charge is 0.618 e. The quantitative estimate of drug-likeness (QED) is 0.586. The average molecular weight is 381 g/mol. The van der Waals surface area contributed by atoms with Gasteiger partial charge in [0, 0.05) is 26.5 Å². The van der Waals surface area contributed by atoms with Crippen molar-refractivity contribution in [3.8, 4) is 11.4 Å². The van der Waals surface area contributed by atoms with E-state index in [2.05, 4.69) is 21.0 Å². The fraction of sp³-hybridized carbons (Fsp3) is 0.385. The standard InChI is InChI=1S/C13H13BrClF2N3O/c1-6-5-8(14)7(2)20(21)11(6)10-9(15)12(13(3,16)17)19(4)18-10/h5H,1-4H3. The van der Waals surface area contributed by atoms with Gasteiger partial charge >= 0.3 is 0 Å². The highest BCUT2D eigenvalue weighted by atomic mass is 79.9. The van der Waals surface area contributed by atoms with Gasteiger partial charge in [-0.05, 0) is 28.9 Å². The highest BCUT2D eigenvalue weighted by molar-refractivity contribution is 9.10. The molecule has 114 valence electrons. The van der Waals surface area contributed by atoms with Crippen molar-refractivity contribution in [3.63, 3.8) is 0 Å². The number of alkyl halides is 2. The molecule has 0 bridgehead atoms. The first-order chi connectivity index (χ1) is 9.55. The van der Waals surface area contributed by atoms with Gasteiger partial charge < -0.3 is 5.21 Å². The molecule has 0 atom stereocenters. The first-order valence-corrected chi connectivity index (χ1v) is 7.23. The molecule has 2 aromatic rings. The lowest BCUT2D eigenvalue weighted by Crippen LogP contribution is -2.34. The number of hydrogen-bond acceptors (Lipinski definition) is 2. The van der Waals surface area contributed by atoms with E-state index < -0.39 is 11.6 Å². The Morgan fingerprint density at radius 3 is 2.48 bits per heavy atom. The van der Waals surface area contributed by atoms with Gasteiger partial charge in [-0.1, -0.05) is 11.6 Å². The second-order valence-corrected chi connectivity index (χ2v) is 6.16. The van der Waals surface area contributed by atoms with Crippen LogP contribution in [0, 0.1) is 19.1 Å². The Morgan fingerprint density at radius 2 is 2.00 bits per heavy atom. The van der Waals surface area contributed by atoms with E-state index >= 15 is 0 Å². The molecule has 0 saturated carbocycles. The van der Waals surface area contributed by atoms with Crippen LogP contribution in [0.2, 0.25) is 5.02 Å². The van der Waals surface area contributed by atoms with E-state index in [4.69, 9.17) is 11.6 Å². The molecule has 0 aliphatic carbocycles. The highest BCUT2D eigenvalue weighted by Crippen LogP contribution is 2.38. The van der Waals surface area contributed by atoms with E-state index in [1.165, 1.54) is 7.05 Å². The van der Waals surface area contributed by atoms with Crippen molar-refractivity contribution in [1.82, 2.24) is 9.78 Å². The highest BCUT2D eigenvalue weighted by Gasteiger charge is 2.36. The maximum Gasteiger partial charge on any atom is 0.288 e. The molecule has 0 radical (unpaired) electrons. The summed E-state index contributed by atoms with van der Waals surface area (Å²) in [6, 6.07) is 1.73. The second kappa shape index (κ2) is 5.21. The van der Waals surface area contributed by atoms with Crippen molar-refractivity contribution in [2.75, 3.05) is 0 Å². The first-order valence-electron chi connectivity index (χ1n) is 6.06. The van der Waals surface area contributed by atoms with E-state index in [9.17, 15) is 14.0 Å². The Morgan fingerprint density at radius 1 is 1.43 bits per heavy atom. The molecule has 0 saturated heterocycles. The molecule has 2 rings (SSSR count). The van der Waals surface area contributed by atoms with Gasteiger partial charge in [-0.15, -0.1) is 0 Å². The van der Waals surface area contributed by atoms with Crippen LogP contribution < -0.4 is 4.73 Å². The molecule has 4 nitrogen and oxygen atoms in total. The van der Waals surface area contributed by atoms with E-state index in [0.717, 1.165) is 11.6 Å². The summed E-state index contributed by atoms with van der Waals surface area (Å²) < 4.78 is 29.5. The van der Waals surface area contributed by atoms with Gasteiger partial charge in [0.25, 0.3) is 5.92 Å². The van der Waals surface area contributed by atoms with E-state index in [1.807, 2.05) is 0 Å². The van der Waals surface area contributed by atoms with Gasteiger partial charge in [-0.25, -0.2) is 0 Å². The van der Waals surface area contributed by atoms with Gasteiger partial charge in [0.1, 0.15) is 10.7 Å². The number of aromatic nitrogens is 3. The van der Waals surface area contributed by atoms with Crippen LogP contribution in [0.25, 0.3) is 11.4 Å². The monoisotopic (exact) mass is 379 g/mol. The van der Waals surface area contributed by atoms with Crippen LogP contribution >= 0.6 is 27.5 Å². The Hall–Kier alpha value is -1.21. The fourth-order valence-corrected chi connectivity index (χ4v) is 3.12. The van der Waals surface area contributed by atoms with Gasteiger partial charge in [-0.2, -0.15) is 18.6 Å². The Balaban J connectivity index is 2.79. The Labute approximate surface area is 134 Å². The van der Waals surface area contributed by atoms with Crippen LogP contribution in [0.3, 0.4) is 0 Å². The summed E-state index contributed by atoms with van der Waals surface area (Å²) in [6.07, 6.45) is 0. The van der Waals surface area contributed by atoms with Gasteiger partial charge in [0.05, 0.1) is 4.47 Å². The number of pyridine rings is 1. The lowest BCUT2D eigenvalue weighted by Gasteiger charge is -2.11. The van der Waals surface area contributed by atoms with Crippen LogP contribution in [0.1, 0.15) is 23.9 Å². The summed E-state index contributed by atoms with van der Waals surface area (Å²) in [5.41, 5.74) is 0.806. The molecule has 0 aromatic carbocycles. The van der Waals surface area contributed by atoms with Crippen molar-refractivity contribution in [3.05, 3.63) is 37.7 Å². The summed E-state index contributed by atoms with van der Waals surface area (Å²) in [4.78, 5) is 0. The molecular formula is C13H13BrClF2N3O. The minimum atomic E-state index is -3.15. The fourth-order valence-electron chi connectivity index (χ4n) is 2.20. The average Bonchev–Trinajstić information content (AvgIpc) is 2.61. The van der Waals surface area contributed by atoms with Crippen molar-refractivity contribution < 1.29 is 13.5 Å². The molecule has 21 heavy (non-hydrogen) atoms. The van der Waals surface area contributed by atoms with Crippen LogP contribution in [0.4, 0.5) is 8.78 Å². The summed E-state index contributed by atoms with van der Waals surface area (Å²) >= 11 is 9.33. The number of rotatable bonds is 2. The third-order valence-electron chi connectivity index (χ3n) is 3.20. The second-order valence-electron chi connectivity index (χ2n) is 4.93. The molecule has 8 heteroatoms. The summed E-state index contributed by atoms with van der Waals surface area (Å²) in [5.74, 6) is -3.15. The molecule has 0 aliphatic heterocycles. The number of aryl methyl sites for hydroxylation is 2. The number of halogens is 4. The molecule has 2 heterocycles. The molecule has 2 aromatic heterocycles. The van der Waals surface area contributed by atoms with E-state index in [0.29, 0.717) is 20.5 Å². The van der Waals surface area contributed by atoms with E-state index in [-0.39, 0.29) is 16.4 Å². The van der Waals surface area contributed by atoms with E-state index in [1.54, 1.807) is 19.9 Å². The number of hydrogen-bond donors (Lipinski definition) is 0. The zero-order valence-electron chi connectivity index (χ0n) is 11.8. The maximum absolute atomic E-state index is 13.6. The Kier molecular flexibility index (Phi) is 4.01. The van der Waals surface area contributed by atoms with Gasteiger partial charge in [-0.3, -0.25) is 4.68 Å². The zero-order chi connectivity index (χ0) is 16.1. The van der Waals surface area contributed by atoms with Gasteiger partial charge in [0.15, 0.2) is 5.69 Å². The number of nitrogens with zero attached hydrogens (tertiary/aromatic N) is 3. The minimum absolute atomic E-state index is 0.0544. The van der Waals surface area contributed by atoms with Gasteiger partial charge in [0.2, 0.25) is 11.4 Å². The zero-order valence-corrected chi connectivity index (χ0v) is 14.2. The lowest BCUT2D eigenvalue weighted by molar-refractivity contribution is -0.601. The van der Waals surface area contributed by atoms with Crippen molar-refractivity contribution in [2.45, 2.75) is 26.7 Å². The topological polar surface area (TPSA) is 44.8 Å². The molecule has 0 spiro atoms. The molecule has 0 N–H and O–H groups in total. The maximum atomic E-state index is 13.6. The van der Waals surface area contributed by atoms with Crippen molar-refractivity contribution >= 4 is 27.5 Å². The molecule has 0 amide bonds. The third-order valence-corrected chi connectivity index (χ3v) is 4.36. The SMILES string of the molecule is Cc1cc(Br)c(C)[n+]([O-])c1-c1nn(C)c(C(C)(F)F)c1Cl. The predicted octanol–water partition coefficient (Wildman–Crippen LogP) is 3.86. The summed E-state index contributed by atoms with van der Waals surface area (Å²) in [6.45, 7) is 4.06. The third kappa shape index (κ3) is 2.64. The summed E-state index contributed by atoms with van der Waals surface area (Å²) in [7, 11) is 1.37. The van der Waals surface area contributed by atoms with Crippen LogP contribution in [-0.2, 0) is 13.0 Å².